The van der Waals surface area contributed by atoms with Crippen molar-refractivity contribution < 1.29 is 28.5 Å². The number of hydrogen-bond donors (Lipinski definition) is 1. The van der Waals surface area contributed by atoms with Crippen LogP contribution in [0.5, 0.6) is 5.75 Å². The Morgan fingerprint density at radius 3 is 2.89 bits per heavy atom. The van der Waals surface area contributed by atoms with Gasteiger partial charge in [-0.2, -0.15) is 0 Å². The molecule has 12 heteroatoms. The first-order valence-electron chi connectivity index (χ1n) is 11.4. The number of thioether (sulfide) groups is 1. The molecular formula is C24H24N4O7S. The maximum atomic E-state index is 12.8. The van der Waals surface area contributed by atoms with Crippen molar-refractivity contribution in [3.8, 4) is 5.75 Å². The summed E-state index contributed by atoms with van der Waals surface area (Å²) in [7, 11) is 1.53. The van der Waals surface area contributed by atoms with Crippen molar-refractivity contribution in [3.63, 3.8) is 0 Å². The first-order chi connectivity index (χ1) is 17.4. The van der Waals surface area contributed by atoms with Crippen LogP contribution in [0.2, 0.25) is 0 Å². The number of para-hydroxylation sites is 1. The van der Waals surface area contributed by atoms with Crippen molar-refractivity contribution >= 4 is 33.9 Å². The molecule has 0 saturated carbocycles. The summed E-state index contributed by atoms with van der Waals surface area (Å²) in [5, 5.41) is 11.2. The Morgan fingerprint density at radius 2 is 2.08 bits per heavy atom. The van der Waals surface area contributed by atoms with Crippen LogP contribution in [0.15, 0.2) is 51.2 Å². The number of rotatable bonds is 6. The Hall–Kier alpha value is -3.03. The van der Waals surface area contributed by atoms with Gasteiger partial charge in [0.1, 0.15) is 30.2 Å². The van der Waals surface area contributed by atoms with Crippen molar-refractivity contribution in [2.24, 2.45) is 0 Å². The van der Waals surface area contributed by atoms with Gasteiger partial charge in [-0.05, 0) is 26.0 Å². The van der Waals surface area contributed by atoms with Crippen LogP contribution >= 0.6 is 11.8 Å². The Bertz CT molecular complexity index is 1500. The van der Waals surface area contributed by atoms with Crippen LogP contribution in [0.25, 0.3) is 22.1 Å². The molecule has 0 amide bonds. The highest BCUT2D eigenvalue weighted by atomic mass is 32.2. The minimum Gasteiger partial charge on any atom is -0.493 e. The summed E-state index contributed by atoms with van der Waals surface area (Å²) in [6.45, 7) is 3.44. The summed E-state index contributed by atoms with van der Waals surface area (Å²) >= 11 is 1.34. The van der Waals surface area contributed by atoms with Gasteiger partial charge in [0.15, 0.2) is 34.2 Å². The number of aromatic nitrogens is 4. The van der Waals surface area contributed by atoms with E-state index in [1.54, 1.807) is 18.3 Å². The molecule has 0 spiro atoms. The molecule has 1 N–H and O–H groups in total. The lowest BCUT2D eigenvalue weighted by molar-refractivity contribution is -0.200. The quantitative estimate of drug-likeness (QED) is 0.302. The first kappa shape index (κ1) is 23.4. The van der Waals surface area contributed by atoms with Crippen molar-refractivity contribution in [1.29, 1.82) is 0 Å². The maximum Gasteiger partial charge on any atom is 0.340 e. The van der Waals surface area contributed by atoms with Gasteiger partial charge in [-0.15, -0.1) is 0 Å². The van der Waals surface area contributed by atoms with Gasteiger partial charge < -0.3 is 28.5 Å². The summed E-state index contributed by atoms with van der Waals surface area (Å²) in [6, 6.07) is 7.24. The molecule has 11 nitrogen and oxygen atoms in total. The second-order valence-corrected chi connectivity index (χ2v) is 9.98. The molecule has 0 bridgehead atoms. The van der Waals surface area contributed by atoms with Gasteiger partial charge >= 0.3 is 5.63 Å². The van der Waals surface area contributed by atoms with Crippen molar-refractivity contribution in [2.75, 3.05) is 13.7 Å². The van der Waals surface area contributed by atoms with Crippen molar-refractivity contribution in [3.05, 3.63) is 52.8 Å². The lowest BCUT2D eigenvalue weighted by atomic mass is 10.1. The third-order valence-electron chi connectivity index (χ3n) is 6.26. The fraction of sp³-hybridized carbons (Fsp3) is 0.417. The maximum absolute atomic E-state index is 12.8. The molecule has 1 aromatic carbocycles. The number of benzene rings is 1. The van der Waals surface area contributed by atoms with E-state index in [-0.39, 0.29) is 6.61 Å². The number of fused-ring (bicyclic) bond motifs is 3. The zero-order valence-electron chi connectivity index (χ0n) is 19.8. The molecule has 6 rings (SSSR count). The van der Waals surface area contributed by atoms with Crippen molar-refractivity contribution in [2.45, 2.75) is 55.1 Å². The number of aliphatic hydroxyl groups is 1. The average molecular weight is 513 g/mol. The van der Waals surface area contributed by atoms with Gasteiger partial charge in [0.2, 0.25) is 0 Å². The van der Waals surface area contributed by atoms with E-state index in [0.29, 0.717) is 39.0 Å². The molecule has 0 aliphatic carbocycles. The van der Waals surface area contributed by atoms with Crippen LogP contribution in [-0.2, 0) is 20.0 Å². The van der Waals surface area contributed by atoms with E-state index in [0.717, 1.165) is 5.39 Å². The van der Waals surface area contributed by atoms with Gasteiger partial charge in [0.25, 0.3) is 0 Å². The number of ether oxygens (including phenoxy) is 4. The molecule has 4 atom stereocenters. The molecule has 2 fully saturated rings. The highest BCUT2D eigenvalue weighted by Gasteiger charge is 2.56. The number of methoxy groups -OCH3 is 1. The lowest BCUT2D eigenvalue weighted by Gasteiger charge is -2.25. The lowest BCUT2D eigenvalue weighted by Crippen LogP contribution is -2.31. The number of nitrogens with zero attached hydrogens (tertiary/aromatic N) is 4. The summed E-state index contributed by atoms with van der Waals surface area (Å²) in [5.41, 5.74) is 1.56. The Morgan fingerprint density at radius 1 is 1.25 bits per heavy atom. The molecule has 0 radical (unpaired) electrons. The van der Waals surface area contributed by atoms with E-state index in [1.807, 2.05) is 30.5 Å². The Kier molecular flexibility index (Phi) is 5.73. The van der Waals surface area contributed by atoms with E-state index in [2.05, 4.69) is 9.97 Å². The van der Waals surface area contributed by atoms with Gasteiger partial charge in [0, 0.05) is 16.7 Å². The highest BCUT2D eigenvalue weighted by Crippen LogP contribution is 2.45. The van der Waals surface area contributed by atoms with Gasteiger partial charge in [0.05, 0.1) is 19.9 Å². The predicted molar refractivity (Wildman–Crippen MR) is 129 cm³/mol. The fourth-order valence-corrected chi connectivity index (χ4v) is 5.72. The second kappa shape index (κ2) is 8.82. The monoisotopic (exact) mass is 512 g/mol. The zero-order valence-corrected chi connectivity index (χ0v) is 20.6. The van der Waals surface area contributed by atoms with E-state index in [4.69, 9.17) is 28.3 Å². The molecule has 5 heterocycles. The van der Waals surface area contributed by atoms with Crippen LogP contribution in [0.1, 0.15) is 25.6 Å². The summed E-state index contributed by atoms with van der Waals surface area (Å²) in [5.74, 6) is -0.0364. The van der Waals surface area contributed by atoms with Crippen LogP contribution in [-0.4, -0.2) is 62.4 Å². The van der Waals surface area contributed by atoms with Gasteiger partial charge in [-0.1, -0.05) is 23.9 Å². The predicted octanol–water partition coefficient (Wildman–Crippen LogP) is 2.64. The Balaban J connectivity index is 1.37. The zero-order chi connectivity index (χ0) is 25.0. The molecule has 3 aromatic heterocycles. The van der Waals surface area contributed by atoms with Crippen LogP contribution < -0.4 is 10.4 Å². The van der Waals surface area contributed by atoms with Gasteiger partial charge in [-0.25, -0.2) is 19.7 Å². The number of imidazole rings is 1. The topological polar surface area (TPSA) is 131 Å². The summed E-state index contributed by atoms with van der Waals surface area (Å²) < 4.78 is 31.1. The summed E-state index contributed by atoms with van der Waals surface area (Å²) in [6.07, 6.45) is 0.907. The smallest absolute Gasteiger partial charge is 0.340 e. The highest BCUT2D eigenvalue weighted by molar-refractivity contribution is 7.98. The third kappa shape index (κ3) is 3.85. The molecule has 36 heavy (non-hydrogen) atoms. The van der Waals surface area contributed by atoms with Crippen molar-refractivity contribution in [1.82, 2.24) is 19.5 Å². The average Bonchev–Trinajstić information content (AvgIpc) is 3.49. The fourth-order valence-electron chi connectivity index (χ4n) is 4.74. The number of aliphatic hydroxyl groups excluding tert-OH is 1. The molecular weight excluding hydrogens is 488 g/mol. The minimum absolute atomic E-state index is 0.219. The van der Waals surface area contributed by atoms with Crippen LogP contribution in [0.4, 0.5) is 0 Å². The molecule has 188 valence electrons. The molecule has 4 aromatic rings. The largest absolute Gasteiger partial charge is 0.493 e. The van der Waals surface area contributed by atoms with Gasteiger partial charge in [-0.3, -0.25) is 4.57 Å². The molecule has 2 aliphatic rings. The standard InChI is InChI=1S/C24H24N4O7S/c1-24(2)34-18-16(9-29)32-21(19(18)35-24)28-20-14(8-25-11-26-20)27-23(28)36-10-13-7-12-5-4-6-15(31-3)17(12)33-22(13)30/h4-8,11,16,18-19,21,29H,9-10H2,1-3H3/t16-,18+,19+,21-/m1/s1. The van der Waals surface area contributed by atoms with E-state index in [1.165, 1.54) is 25.2 Å². The number of hydrogen-bond acceptors (Lipinski definition) is 11. The minimum atomic E-state index is -0.825. The van der Waals surface area contributed by atoms with E-state index >= 15 is 0 Å². The molecule has 2 saturated heterocycles. The molecule has 0 unspecified atom stereocenters. The summed E-state index contributed by atoms with van der Waals surface area (Å²) in [4.78, 5) is 26.0. The molecule has 2 aliphatic heterocycles. The third-order valence-corrected chi connectivity index (χ3v) is 7.26. The SMILES string of the molecule is COc1cccc2cc(CSc3nc4cncnc4n3[C@@H]3O[C@H](CO)[C@@H]4OC(C)(C)O[C@@H]43)c(=O)oc12. The van der Waals surface area contributed by atoms with Crippen LogP contribution in [0.3, 0.4) is 0 Å². The second-order valence-electron chi connectivity index (χ2n) is 9.03. The normalized spacial score (nSPS) is 25.0. The van der Waals surface area contributed by atoms with E-state index in [9.17, 15) is 9.90 Å². The van der Waals surface area contributed by atoms with Crippen LogP contribution in [0, 0.1) is 0 Å². The Labute approximate surface area is 209 Å². The first-order valence-corrected chi connectivity index (χ1v) is 12.4. The van der Waals surface area contributed by atoms with E-state index < -0.39 is 36.0 Å².